The summed E-state index contributed by atoms with van der Waals surface area (Å²) in [7, 11) is 3.42. The van der Waals surface area contributed by atoms with Gasteiger partial charge in [0.1, 0.15) is 11.7 Å². The fourth-order valence-electron chi connectivity index (χ4n) is 2.35. The molecule has 20 heavy (non-hydrogen) atoms. The van der Waals surface area contributed by atoms with E-state index in [1.54, 1.807) is 14.1 Å². The van der Waals surface area contributed by atoms with Gasteiger partial charge in [-0.1, -0.05) is 13.3 Å². The van der Waals surface area contributed by atoms with Crippen LogP contribution in [0, 0.1) is 0 Å². The van der Waals surface area contributed by atoms with Crippen molar-refractivity contribution in [2.24, 2.45) is 0 Å². The highest BCUT2D eigenvalue weighted by atomic mass is 16.2. The second-order valence-electron chi connectivity index (χ2n) is 5.58. The molecule has 1 unspecified atom stereocenters. The number of aromatic nitrogens is 1. The summed E-state index contributed by atoms with van der Waals surface area (Å²) >= 11 is 0. The molecule has 0 aromatic carbocycles. The number of hydrogen-bond donors (Lipinski definition) is 1. The van der Waals surface area contributed by atoms with E-state index in [-0.39, 0.29) is 11.8 Å². The van der Waals surface area contributed by atoms with Crippen LogP contribution in [-0.4, -0.2) is 41.4 Å². The van der Waals surface area contributed by atoms with E-state index in [0.717, 1.165) is 19.3 Å². The Hall–Kier alpha value is -1.78. The third-order valence-corrected chi connectivity index (χ3v) is 3.57. The van der Waals surface area contributed by atoms with E-state index in [1.807, 2.05) is 29.8 Å². The van der Waals surface area contributed by atoms with Crippen LogP contribution in [0.5, 0.6) is 0 Å². The number of carbonyl (C=O) groups excluding carboxylic acids is 2. The minimum Gasteiger partial charge on any atom is -0.347 e. The van der Waals surface area contributed by atoms with Crippen LogP contribution in [0.3, 0.4) is 0 Å². The molecule has 5 nitrogen and oxygen atoms in total. The number of carbonyl (C=O) groups is 2. The lowest BCUT2D eigenvalue weighted by molar-refractivity contribution is -0.130. The van der Waals surface area contributed by atoms with Crippen molar-refractivity contribution in [3.63, 3.8) is 0 Å². The summed E-state index contributed by atoms with van der Waals surface area (Å²) < 4.78 is 2.01. The number of amides is 2. The summed E-state index contributed by atoms with van der Waals surface area (Å²) in [4.78, 5) is 26.0. The van der Waals surface area contributed by atoms with Crippen molar-refractivity contribution in [3.05, 3.63) is 24.0 Å². The normalized spacial score (nSPS) is 15.8. The van der Waals surface area contributed by atoms with Gasteiger partial charge in [0.15, 0.2) is 0 Å². The molecule has 0 aliphatic heterocycles. The van der Waals surface area contributed by atoms with Crippen LogP contribution in [0.2, 0.25) is 0 Å². The largest absolute Gasteiger partial charge is 0.347 e. The lowest BCUT2D eigenvalue weighted by Crippen LogP contribution is -2.46. The third-order valence-electron chi connectivity index (χ3n) is 3.57. The van der Waals surface area contributed by atoms with Crippen LogP contribution in [-0.2, 0) is 4.79 Å². The van der Waals surface area contributed by atoms with Crippen LogP contribution in [0.1, 0.15) is 49.1 Å². The molecule has 1 aromatic rings. The molecule has 2 amide bonds. The molecule has 1 saturated carbocycles. The van der Waals surface area contributed by atoms with Gasteiger partial charge in [-0.25, -0.2) is 0 Å². The Bertz CT molecular complexity index is 489. The number of likely N-dealkylation sites (N-methyl/N-ethyl adjacent to an activating group) is 1. The van der Waals surface area contributed by atoms with E-state index in [2.05, 4.69) is 5.32 Å². The highest BCUT2D eigenvalue weighted by Crippen LogP contribution is 2.35. The minimum absolute atomic E-state index is 0.0512. The first-order chi connectivity index (χ1) is 9.54. The molecule has 2 rings (SSSR count). The standard InChI is InChI=1S/C15H23N3O2/c1-4-6-12(15(20)17(2)3)16-14(19)13-7-5-10-18(13)11-8-9-11/h5,7,10-12H,4,6,8-9H2,1-3H3,(H,16,19). The zero-order valence-electron chi connectivity index (χ0n) is 12.4. The van der Waals surface area contributed by atoms with Crippen molar-refractivity contribution in [1.82, 2.24) is 14.8 Å². The smallest absolute Gasteiger partial charge is 0.268 e. The van der Waals surface area contributed by atoms with Crippen molar-refractivity contribution < 1.29 is 9.59 Å². The number of hydrogen-bond acceptors (Lipinski definition) is 2. The lowest BCUT2D eigenvalue weighted by atomic mass is 10.1. The van der Waals surface area contributed by atoms with Gasteiger partial charge in [0.2, 0.25) is 5.91 Å². The van der Waals surface area contributed by atoms with Crippen LogP contribution in [0.15, 0.2) is 18.3 Å². The van der Waals surface area contributed by atoms with E-state index in [9.17, 15) is 9.59 Å². The summed E-state index contributed by atoms with van der Waals surface area (Å²) in [5.74, 6) is -0.208. The Labute approximate surface area is 119 Å². The molecule has 110 valence electrons. The van der Waals surface area contributed by atoms with Gasteiger partial charge in [0.25, 0.3) is 5.91 Å². The summed E-state index contributed by atoms with van der Waals surface area (Å²) in [5, 5.41) is 2.87. The van der Waals surface area contributed by atoms with E-state index >= 15 is 0 Å². The highest BCUT2D eigenvalue weighted by molar-refractivity contribution is 5.96. The minimum atomic E-state index is -0.440. The average Bonchev–Trinajstić information content (AvgIpc) is 3.14. The van der Waals surface area contributed by atoms with Crippen molar-refractivity contribution >= 4 is 11.8 Å². The van der Waals surface area contributed by atoms with Gasteiger partial charge in [-0.05, 0) is 31.4 Å². The van der Waals surface area contributed by atoms with E-state index in [1.165, 1.54) is 4.90 Å². The highest BCUT2D eigenvalue weighted by Gasteiger charge is 2.28. The van der Waals surface area contributed by atoms with Crippen LogP contribution in [0.4, 0.5) is 0 Å². The molecule has 1 aliphatic carbocycles. The zero-order chi connectivity index (χ0) is 14.7. The van der Waals surface area contributed by atoms with Gasteiger partial charge in [-0.2, -0.15) is 0 Å². The Balaban J connectivity index is 2.07. The first-order valence-corrected chi connectivity index (χ1v) is 7.23. The molecule has 1 fully saturated rings. The van der Waals surface area contributed by atoms with Crippen molar-refractivity contribution in [3.8, 4) is 0 Å². The predicted octanol–water partition coefficient (Wildman–Crippen LogP) is 1.81. The molecule has 0 radical (unpaired) electrons. The fourth-order valence-corrected chi connectivity index (χ4v) is 2.35. The third kappa shape index (κ3) is 3.21. The molecule has 0 saturated heterocycles. The molecule has 1 heterocycles. The maximum atomic E-state index is 12.4. The average molecular weight is 277 g/mol. The molecular weight excluding hydrogens is 254 g/mol. The fraction of sp³-hybridized carbons (Fsp3) is 0.600. The second kappa shape index (κ2) is 6.11. The van der Waals surface area contributed by atoms with Gasteiger partial charge in [-0.3, -0.25) is 9.59 Å². The Morgan fingerprint density at radius 3 is 2.70 bits per heavy atom. The van der Waals surface area contributed by atoms with Crippen LogP contribution >= 0.6 is 0 Å². The van der Waals surface area contributed by atoms with E-state index < -0.39 is 6.04 Å². The Morgan fingerprint density at radius 1 is 1.45 bits per heavy atom. The number of rotatable bonds is 6. The van der Waals surface area contributed by atoms with E-state index in [4.69, 9.17) is 0 Å². The molecule has 5 heteroatoms. The number of nitrogens with zero attached hydrogens (tertiary/aromatic N) is 2. The van der Waals surface area contributed by atoms with Crippen molar-refractivity contribution in [1.29, 1.82) is 0 Å². The quantitative estimate of drug-likeness (QED) is 0.862. The van der Waals surface area contributed by atoms with E-state index in [0.29, 0.717) is 18.2 Å². The second-order valence-corrected chi connectivity index (χ2v) is 5.58. The first kappa shape index (κ1) is 14.6. The monoisotopic (exact) mass is 277 g/mol. The maximum absolute atomic E-state index is 12.4. The lowest BCUT2D eigenvalue weighted by Gasteiger charge is -2.21. The molecule has 0 bridgehead atoms. The van der Waals surface area contributed by atoms with Crippen molar-refractivity contribution in [2.45, 2.75) is 44.7 Å². The molecule has 1 aliphatic rings. The summed E-state index contributed by atoms with van der Waals surface area (Å²) in [5.41, 5.74) is 0.653. The van der Waals surface area contributed by atoms with Gasteiger partial charge in [0, 0.05) is 26.3 Å². The Kier molecular flexibility index (Phi) is 4.47. The van der Waals surface area contributed by atoms with Gasteiger partial charge < -0.3 is 14.8 Å². The SMILES string of the molecule is CCCC(NC(=O)c1cccn1C1CC1)C(=O)N(C)C. The van der Waals surface area contributed by atoms with Crippen molar-refractivity contribution in [2.75, 3.05) is 14.1 Å². The molecule has 0 spiro atoms. The topological polar surface area (TPSA) is 54.3 Å². The molecular formula is C15H23N3O2. The molecule has 1 atom stereocenters. The van der Waals surface area contributed by atoms with Gasteiger partial charge in [-0.15, -0.1) is 0 Å². The molecule has 1 aromatic heterocycles. The van der Waals surface area contributed by atoms with Gasteiger partial charge in [0.05, 0.1) is 0 Å². The maximum Gasteiger partial charge on any atom is 0.268 e. The summed E-state index contributed by atoms with van der Waals surface area (Å²) in [6, 6.07) is 3.72. The van der Waals surface area contributed by atoms with Gasteiger partial charge >= 0.3 is 0 Å². The summed E-state index contributed by atoms with van der Waals surface area (Å²) in [6.07, 6.45) is 5.71. The summed E-state index contributed by atoms with van der Waals surface area (Å²) in [6.45, 7) is 2.01. The van der Waals surface area contributed by atoms with Crippen LogP contribution in [0.25, 0.3) is 0 Å². The number of nitrogens with one attached hydrogen (secondary N) is 1. The zero-order valence-corrected chi connectivity index (χ0v) is 12.4. The Morgan fingerprint density at radius 2 is 2.15 bits per heavy atom. The molecule has 1 N–H and O–H groups in total. The first-order valence-electron chi connectivity index (χ1n) is 7.23. The van der Waals surface area contributed by atoms with Crippen LogP contribution < -0.4 is 5.32 Å². The predicted molar refractivity (Wildman–Crippen MR) is 77.6 cm³/mol.